The second-order valence-corrected chi connectivity index (χ2v) is 27.1. The highest BCUT2D eigenvalue weighted by Gasteiger charge is 2.18. The number of carbonyl (C=O) groups is 2. The lowest BCUT2D eigenvalue weighted by Gasteiger charge is -2.20. The minimum absolute atomic E-state index is 0.0239. The summed E-state index contributed by atoms with van der Waals surface area (Å²) in [6.45, 7) is 4.96. The molecule has 0 aliphatic carbocycles. The number of nitrogens with one attached hydrogen (secondary N) is 1. The summed E-state index contributed by atoms with van der Waals surface area (Å²) >= 11 is 0. The van der Waals surface area contributed by atoms with Crippen molar-refractivity contribution in [3.05, 3.63) is 12.2 Å². The molecule has 0 rings (SSSR count). The van der Waals surface area contributed by atoms with E-state index < -0.39 is 12.1 Å². The average molecular weight is 1190 g/mol. The summed E-state index contributed by atoms with van der Waals surface area (Å²) in [4.78, 5) is 24.6. The molecule has 6 heteroatoms. The fourth-order valence-electron chi connectivity index (χ4n) is 12.6. The topological polar surface area (TPSA) is 95.9 Å². The molecule has 500 valence electrons. The first-order valence-electron chi connectivity index (χ1n) is 39.0. The molecule has 0 fully saturated rings. The van der Waals surface area contributed by atoms with E-state index in [1.54, 1.807) is 6.08 Å². The van der Waals surface area contributed by atoms with E-state index in [0.717, 1.165) is 38.5 Å². The Labute approximate surface area is 527 Å². The Balaban J connectivity index is 3.34. The maximum absolute atomic E-state index is 12.5. The summed E-state index contributed by atoms with van der Waals surface area (Å²) in [6, 6.07) is -0.625. The quantitative estimate of drug-likeness (QED) is 0.0320. The fourth-order valence-corrected chi connectivity index (χ4v) is 12.6. The van der Waals surface area contributed by atoms with Gasteiger partial charge in [0.25, 0.3) is 0 Å². The SMILES string of the molecule is CCCCCCCCCCCCCCCCCCCCCC/C=C/C(O)C(CO)NC(=O)CCCCCCCCCCCCCCCCCCCCCCCCCCCCCCCCCOC(=O)CCCCCCCCCCCCCCCC. The van der Waals surface area contributed by atoms with Crippen molar-refractivity contribution in [1.29, 1.82) is 0 Å². The van der Waals surface area contributed by atoms with Crippen LogP contribution < -0.4 is 5.32 Å². The van der Waals surface area contributed by atoms with Crippen LogP contribution in [0.2, 0.25) is 0 Å². The number of unbranched alkanes of at least 4 members (excludes halogenated alkanes) is 63. The van der Waals surface area contributed by atoms with Gasteiger partial charge in [-0.3, -0.25) is 9.59 Å². The number of allylic oxidation sites excluding steroid dienone is 1. The van der Waals surface area contributed by atoms with E-state index in [1.165, 1.54) is 385 Å². The van der Waals surface area contributed by atoms with Gasteiger partial charge in [-0.15, -0.1) is 0 Å². The largest absolute Gasteiger partial charge is 0.466 e. The predicted molar refractivity (Wildman–Crippen MR) is 370 cm³/mol. The van der Waals surface area contributed by atoms with Gasteiger partial charge in [0.15, 0.2) is 0 Å². The third-order valence-corrected chi connectivity index (χ3v) is 18.6. The number of hydrogen-bond acceptors (Lipinski definition) is 5. The van der Waals surface area contributed by atoms with Crippen molar-refractivity contribution in [2.45, 2.75) is 463 Å². The molecular weight excluding hydrogens is 1030 g/mol. The second-order valence-electron chi connectivity index (χ2n) is 27.1. The molecular formula is C78H153NO5. The molecule has 6 nitrogen and oxygen atoms in total. The molecule has 1 amide bonds. The molecule has 0 bridgehead atoms. The number of aliphatic hydroxyl groups is 2. The lowest BCUT2D eigenvalue weighted by molar-refractivity contribution is -0.143. The average Bonchev–Trinajstić information content (AvgIpc) is 3.51. The highest BCUT2D eigenvalue weighted by atomic mass is 16.5. The number of esters is 1. The lowest BCUT2D eigenvalue weighted by Crippen LogP contribution is -2.45. The molecule has 0 aliphatic rings. The Hall–Kier alpha value is -1.40. The van der Waals surface area contributed by atoms with E-state index in [1.807, 2.05) is 6.08 Å². The third-order valence-electron chi connectivity index (χ3n) is 18.6. The van der Waals surface area contributed by atoms with E-state index in [-0.39, 0.29) is 18.5 Å². The Morgan fingerprint density at radius 1 is 0.321 bits per heavy atom. The lowest BCUT2D eigenvalue weighted by atomic mass is 10.0. The first kappa shape index (κ1) is 82.6. The van der Waals surface area contributed by atoms with Crippen LogP contribution in [0, 0.1) is 0 Å². The van der Waals surface area contributed by atoms with Gasteiger partial charge >= 0.3 is 5.97 Å². The van der Waals surface area contributed by atoms with Crippen molar-refractivity contribution in [3.8, 4) is 0 Å². The molecule has 0 aromatic rings. The van der Waals surface area contributed by atoms with Crippen LogP contribution in [0.5, 0.6) is 0 Å². The normalized spacial score (nSPS) is 12.5. The van der Waals surface area contributed by atoms with Gasteiger partial charge in [-0.2, -0.15) is 0 Å². The zero-order valence-corrected chi connectivity index (χ0v) is 57.4. The van der Waals surface area contributed by atoms with Crippen LogP contribution in [0.25, 0.3) is 0 Å². The summed E-state index contributed by atoms with van der Waals surface area (Å²) in [5, 5.41) is 23.3. The summed E-state index contributed by atoms with van der Waals surface area (Å²) < 4.78 is 5.50. The van der Waals surface area contributed by atoms with Crippen LogP contribution in [-0.4, -0.2) is 47.4 Å². The highest BCUT2D eigenvalue weighted by Crippen LogP contribution is 2.20. The number of rotatable bonds is 74. The number of aliphatic hydroxyl groups excluding tert-OH is 2. The number of carbonyl (C=O) groups excluding carboxylic acids is 2. The molecule has 0 aromatic heterocycles. The first-order valence-corrected chi connectivity index (χ1v) is 39.0. The van der Waals surface area contributed by atoms with Crippen molar-refractivity contribution in [2.75, 3.05) is 13.2 Å². The second kappa shape index (κ2) is 74.1. The minimum atomic E-state index is -0.842. The maximum Gasteiger partial charge on any atom is 0.305 e. The molecule has 0 heterocycles. The van der Waals surface area contributed by atoms with Gasteiger partial charge in [-0.05, 0) is 32.1 Å². The van der Waals surface area contributed by atoms with Gasteiger partial charge in [0.05, 0.1) is 25.4 Å². The first-order chi connectivity index (χ1) is 41.5. The van der Waals surface area contributed by atoms with Crippen LogP contribution in [0.4, 0.5) is 0 Å². The molecule has 0 saturated carbocycles. The Morgan fingerprint density at radius 2 is 0.548 bits per heavy atom. The molecule has 84 heavy (non-hydrogen) atoms. The molecule has 0 spiro atoms. The van der Waals surface area contributed by atoms with Crippen LogP contribution in [0.3, 0.4) is 0 Å². The minimum Gasteiger partial charge on any atom is -0.466 e. The maximum atomic E-state index is 12.5. The molecule has 0 radical (unpaired) electrons. The van der Waals surface area contributed by atoms with Gasteiger partial charge in [-0.1, -0.05) is 418 Å². The van der Waals surface area contributed by atoms with Gasteiger partial charge in [0.2, 0.25) is 5.91 Å². The van der Waals surface area contributed by atoms with Crippen molar-refractivity contribution in [1.82, 2.24) is 5.32 Å². The summed E-state index contributed by atoms with van der Waals surface area (Å²) in [5.74, 6) is -0.0345. The van der Waals surface area contributed by atoms with E-state index in [0.29, 0.717) is 19.4 Å². The van der Waals surface area contributed by atoms with Crippen LogP contribution in [0.15, 0.2) is 12.2 Å². The number of amides is 1. The number of hydrogen-bond donors (Lipinski definition) is 3. The molecule has 0 aliphatic heterocycles. The predicted octanol–water partition coefficient (Wildman–Crippen LogP) is 25.5. The van der Waals surface area contributed by atoms with Crippen molar-refractivity contribution in [3.63, 3.8) is 0 Å². The van der Waals surface area contributed by atoms with Gasteiger partial charge in [0.1, 0.15) is 0 Å². The van der Waals surface area contributed by atoms with Crippen LogP contribution in [-0.2, 0) is 14.3 Å². The highest BCUT2D eigenvalue weighted by molar-refractivity contribution is 5.76. The van der Waals surface area contributed by atoms with Crippen molar-refractivity contribution >= 4 is 11.9 Å². The zero-order chi connectivity index (χ0) is 60.6. The van der Waals surface area contributed by atoms with Gasteiger partial charge < -0.3 is 20.3 Å². The molecule has 0 aromatic carbocycles. The smallest absolute Gasteiger partial charge is 0.305 e. The van der Waals surface area contributed by atoms with Crippen molar-refractivity contribution < 1.29 is 24.5 Å². The summed E-state index contributed by atoms with van der Waals surface area (Å²) in [6.07, 6.45) is 93.3. The monoisotopic (exact) mass is 1180 g/mol. The summed E-state index contributed by atoms with van der Waals surface area (Å²) in [5.41, 5.74) is 0. The Bertz CT molecular complexity index is 1270. The molecule has 3 N–H and O–H groups in total. The Kier molecular flexibility index (Phi) is 72.8. The van der Waals surface area contributed by atoms with E-state index >= 15 is 0 Å². The standard InChI is InChI=1S/C78H153NO5/c1-3-5-7-9-11-13-15-17-19-20-21-22-34-37-40-43-46-50-54-58-62-66-70-76(81)75(74-80)79-77(82)71-67-63-59-55-51-47-44-41-38-35-32-30-28-26-24-23-25-27-29-31-33-36-39-42-45-49-53-57-61-65-69-73-84-78(83)72-68-64-60-56-52-48-18-16-14-12-10-8-6-4-2/h66,70,75-76,80-81H,3-65,67-69,71-74H2,1-2H3,(H,79,82)/b70-66+. The molecule has 2 atom stereocenters. The Morgan fingerprint density at radius 3 is 0.810 bits per heavy atom. The summed E-state index contributed by atoms with van der Waals surface area (Å²) in [7, 11) is 0. The molecule has 0 saturated heterocycles. The van der Waals surface area contributed by atoms with Gasteiger partial charge in [-0.25, -0.2) is 0 Å². The third kappa shape index (κ3) is 69.7. The van der Waals surface area contributed by atoms with Crippen molar-refractivity contribution in [2.24, 2.45) is 0 Å². The van der Waals surface area contributed by atoms with Crippen LogP contribution >= 0.6 is 0 Å². The van der Waals surface area contributed by atoms with Crippen LogP contribution in [0.1, 0.15) is 450 Å². The molecule has 2 unspecified atom stereocenters. The van der Waals surface area contributed by atoms with Gasteiger partial charge in [0, 0.05) is 12.8 Å². The van der Waals surface area contributed by atoms with E-state index in [2.05, 4.69) is 19.2 Å². The number of ether oxygens (including phenoxy) is 1. The fraction of sp³-hybridized carbons (Fsp3) is 0.949. The van der Waals surface area contributed by atoms with E-state index in [4.69, 9.17) is 4.74 Å². The van der Waals surface area contributed by atoms with E-state index in [9.17, 15) is 19.8 Å². The zero-order valence-electron chi connectivity index (χ0n) is 57.4.